The SMILES string of the molecule is COc1ccc(COC(=O)NCCOC(=O)ON2C(=O)CCC2=O)cc1. The van der Waals surface area contributed by atoms with Crippen molar-refractivity contribution >= 4 is 24.1 Å². The number of amides is 3. The van der Waals surface area contributed by atoms with Crippen molar-refractivity contribution in [3.05, 3.63) is 29.8 Å². The van der Waals surface area contributed by atoms with Crippen molar-refractivity contribution in [2.45, 2.75) is 19.4 Å². The third kappa shape index (κ3) is 5.65. The molecule has 1 fully saturated rings. The summed E-state index contributed by atoms with van der Waals surface area (Å²) in [4.78, 5) is 49.9. The highest BCUT2D eigenvalue weighted by Crippen LogP contribution is 2.13. The largest absolute Gasteiger partial charge is 0.534 e. The van der Waals surface area contributed by atoms with Gasteiger partial charge in [0, 0.05) is 12.8 Å². The Morgan fingerprint density at radius 3 is 2.35 bits per heavy atom. The minimum atomic E-state index is -1.21. The monoisotopic (exact) mass is 366 g/mol. The molecule has 1 aromatic carbocycles. The molecule has 10 heteroatoms. The highest BCUT2D eigenvalue weighted by molar-refractivity contribution is 6.01. The molecule has 140 valence electrons. The van der Waals surface area contributed by atoms with Gasteiger partial charge in [-0.2, -0.15) is 0 Å². The Hall–Kier alpha value is -3.30. The number of nitrogens with zero attached hydrogens (tertiary/aromatic N) is 1. The average Bonchev–Trinajstić information content (AvgIpc) is 2.96. The maximum absolute atomic E-state index is 11.5. The van der Waals surface area contributed by atoms with Gasteiger partial charge < -0.3 is 19.5 Å². The van der Waals surface area contributed by atoms with Gasteiger partial charge in [0.25, 0.3) is 11.8 Å². The highest BCUT2D eigenvalue weighted by Gasteiger charge is 2.33. The highest BCUT2D eigenvalue weighted by atomic mass is 16.8. The van der Waals surface area contributed by atoms with E-state index in [0.29, 0.717) is 10.8 Å². The Bertz CT molecular complexity index is 657. The third-order valence-electron chi connectivity index (χ3n) is 3.29. The maximum atomic E-state index is 11.5. The number of hydrogen-bond acceptors (Lipinski definition) is 8. The van der Waals surface area contributed by atoms with Crippen LogP contribution in [0.1, 0.15) is 18.4 Å². The predicted octanol–water partition coefficient (Wildman–Crippen LogP) is 1.14. The van der Waals surface area contributed by atoms with Crippen LogP contribution in [0, 0.1) is 0 Å². The second-order valence-electron chi connectivity index (χ2n) is 5.12. The number of alkyl carbamates (subject to hydrolysis) is 1. The van der Waals surface area contributed by atoms with Crippen LogP contribution in [0.2, 0.25) is 0 Å². The lowest BCUT2D eigenvalue weighted by Gasteiger charge is -2.12. The Labute approximate surface area is 148 Å². The van der Waals surface area contributed by atoms with Crippen LogP contribution < -0.4 is 10.1 Å². The average molecular weight is 366 g/mol. The number of benzene rings is 1. The third-order valence-corrected chi connectivity index (χ3v) is 3.29. The van der Waals surface area contributed by atoms with E-state index in [4.69, 9.17) is 9.47 Å². The Balaban J connectivity index is 1.58. The molecule has 10 nitrogen and oxygen atoms in total. The fourth-order valence-electron chi connectivity index (χ4n) is 1.97. The molecule has 1 aromatic rings. The molecule has 1 heterocycles. The molecule has 3 amide bonds. The summed E-state index contributed by atoms with van der Waals surface area (Å²) in [5.74, 6) is -0.515. The smallest absolute Gasteiger partial charge is 0.497 e. The first-order valence-electron chi connectivity index (χ1n) is 7.73. The first kappa shape index (κ1) is 19.0. The number of carbonyl (C=O) groups excluding carboxylic acids is 4. The first-order chi connectivity index (χ1) is 12.5. The van der Waals surface area contributed by atoms with Crippen molar-refractivity contribution in [2.24, 2.45) is 0 Å². The van der Waals surface area contributed by atoms with E-state index in [1.807, 2.05) is 0 Å². The summed E-state index contributed by atoms with van der Waals surface area (Å²) in [5, 5.41) is 2.75. The number of carbonyl (C=O) groups is 4. The number of imide groups is 1. The van der Waals surface area contributed by atoms with E-state index in [1.54, 1.807) is 31.4 Å². The van der Waals surface area contributed by atoms with Gasteiger partial charge in [-0.15, -0.1) is 0 Å². The van der Waals surface area contributed by atoms with Crippen molar-refractivity contribution in [2.75, 3.05) is 20.3 Å². The van der Waals surface area contributed by atoms with Gasteiger partial charge in [-0.3, -0.25) is 14.4 Å². The molecule has 0 spiro atoms. The van der Waals surface area contributed by atoms with Gasteiger partial charge >= 0.3 is 12.2 Å². The second-order valence-corrected chi connectivity index (χ2v) is 5.12. The Morgan fingerprint density at radius 2 is 1.73 bits per heavy atom. The van der Waals surface area contributed by atoms with Crippen molar-refractivity contribution in [1.29, 1.82) is 0 Å². The minimum absolute atomic E-state index is 0.00625. The van der Waals surface area contributed by atoms with Gasteiger partial charge in [0.2, 0.25) is 0 Å². The molecule has 0 aromatic heterocycles. The molecule has 26 heavy (non-hydrogen) atoms. The van der Waals surface area contributed by atoms with Crippen molar-refractivity contribution in [3.8, 4) is 5.75 Å². The maximum Gasteiger partial charge on any atom is 0.534 e. The van der Waals surface area contributed by atoms with E-state index in [2.05, 4.69) is 14.9 Å². The zero-order valence-corrected chi connectivity index (χ0v) is 14.1. The van der Waals surface area contributed by atoms with Gasteiger partial charge in [0.15, 0.2) is 0 Å². The summed E-state index contributed by atoms with van der Waals surface area (Å²) < 4.78 is 14.7. The Kier molecular flexibility index (Phi) is 6.77. The summed E-state index contributed by atoms with van der Waals surface area (Å²) in [6.45, 7) is -0.178. The first-order valence-corrected chi connectivity index (χ1v) is 7.73. The van der Waals surface area contributed by atoms with Crippen LogP contribution >= 0.6 is 0 Å². The van der Waals surface area contributed by atoms with Crippen molar-refractivity contribution < 1.29 is 38.2 Å². The molecule has 0 bridgehead atoms. The second kappa shape index (κ2) is 9.25. The topological polar surface area (TPSA) is 120 Å². The van der Waals surface area contributed by atoms with Gasteiger partial charge in [0.1, 0.15) is 19.0 Å². The van der Waals surface area contributed by atoms with Gasteiger partial charge in [-0.05, 0) is 17.7 Å². The fourth-order valence-corrected chi connectivity index (χ4v) is 1.97. The number of hydroxylamine groups is 2. The number of rotatable bonds is 7. The van der Waals surface area contributed by atoms with Crippen LogP contribution in [0.15, 0.2) is 24.3 Å². The summed E-state index contributed by atoms with van der Waals surface area (Å²) in [6.07, 6.45) is -1.91. The lowest BCUT2D eigenvalue weighted by Crippen LogP contribution is -2.33. The van der Waals surface area contributed by atoms with Crippen LogP contribution in [0.25, 0.3) is 0 Å². The molecule has 1 N–H and O–H groups in total. The zero-order valence-electron chi connectivity index (χ0n) is 14.1. The number of methoxy groups -OCH3 is 1. The molecule has 0 atom stereocenters. The van der Waals surface area contributed by atoms with E-state index in [9.17, 15) is 19.2 Å². The summed E-state index contributed by atoms with van der Waals surface area (Å²) in [6, 6.07) is 7.00. The van der Waals surface area contributed by atoms with Crippen LogP contribution in [-0.4, -0.2) is 49.4 Å². The van der Waals surface area contributed by atoms with Crippen LogP contribution in [0.4, 0.5) is 9.59 Å². The molecule has 1 aliphatic heterocycles. The molecule has 1 aliphatic rings. The van der Waals surface area contributed by atoms with E-state index < -0.39 is 24.1 Å². The predicted molar refractivity (Wildman–Crippen MR) is 84.7 cm³/mol. The number of nitrogens with one attached hydrogen (secondary N) is 1. The summed E-state index contributed by atoms with van der Waals surface area (Å²) in [7, 11) is 1.55. The molecule has 0 unspecified atom stereocenters. The van der Waals surface area contributed by atoms with E-state index in [1.165, 1.54) is 0 Å². The van der Waals surface area contributed by atoms with Gasteiger partial charge in [-0.25, -0.2) is 9.59 Å². The van der Waals surface area contributed by atoms with E-state index in [0.717, 1.165) is 5.56 Å². The molecular weight excluding hydrogens is 348 g/mol. The minimum Gasteiger partial charge on any atom is -0.497 e. The molecule has 0 aliphatic carbocycles. The van der Waals surface area contributed by atoms with Crippen LogP contribution in [0.3, 0.4) is 0 Å². The molecular formula is C16H18N2O8. The number of hydrogen-bond donors (Lipinski definition) is 1. The van der Waals surface area contributed by atoms with E-state index >= 15 is 0 Å². The summed E-state index contributed by atoms with van der Waals surface area (Å²) >= 11 is 0. The Morgan fingerprint density at radius 1 is 1.08 bits per heavy atom. The zero-order chi connectivity index (χ0) is 18.9. The van der Waals surface area contributed by atoms with Crippen molar-refractivity contribution in [1.82, 2.24) is 10.4 Å². The summed E-state index contributed by atoms with van der Waals surface area (Å²) in [5.41, 5.74) is 0.778. The lowest BCUT2D eigenvalue weighted by molar-refractivity contribution is -0.177. The standard InChI is InChI=1S/C16H18N2O8/c1-23-12-4-2-11(3-5-12)10-25-15(21)17-8-9-24-16(22)26-18-13(19)6-7-14(18)20/h2-5H,6-10H2,1H3,(H,17,21). The molecule has 0 saturated carbocycles. The molecule has 2 rings (SSSR count). The lowest BCUT2D eigenvalue weighted by atomic mass is 10.2. The normalized spacial score (nSPS) is 13.3. The fraction of sp³-hybridized carbons (Fsp3) is 0.375. The van der Waals surface area contributed by atoms with Gasteiger partial charge in [0.05, 0.1) is 13.7 Å². The van der Waals surface area contributed by atoms with Gasteiger partial charge in [-0.1, -0.05) is 17.2 Å². The molecule has 0 radical (unpaired) electrons. The van der Waals surface area contributed by atoms with Crippen LogP contribution in [0.5, 0.6) is 5.75 Å². The number of ether oxygens (including phenoxy) is 3. The van der Waals surface area contributed by atoms with Crippen molar-refractivity contribution in [3.63, 3.8) is 0 Å². The quantitative estimate of drug-likeness (QED) is 0.433. The molecule has 1 saturated heterocycles. The van der Waals surface area contributed by atoms with Crippen LogP contribution in [-0.2, 0) is 30.5 Å². The van der Waals surface area contributed by atoms with E-state index in [-0.39, 0.29) is 32.6 Å².